The van der Waals surface area contributed by atoms with E-state index >= 15 is 0 Å². The highest BCUT2D eigenvalue weighted by Gasteiger charge is 2.14. The number of nitrogens with zero attached hydrogens (tertiary/aromatic N) is 2. The minimum atomic E-state index is 0.0906. The van der Waals surface area contributed by atoms with E-state index in [4.69, 9.17) is 15.2 Å². The number of aryl methyl sites for hydroxylation is 1. The van der Waals surface area contributed by atoms with E-state index < -0.39 is 0 Å². The maximum atomic E-state index is 5.67. The summed E-state index contributed by atoms with van der Waals surface area (Å²) in [5.41, 5.74) is 7.71. The van der Waals surface area contributed by atoms with E-state index in [0.29, 0.717) is 11.5 Å². The molecule has 3 N–H and O–H groups in total. The van der Waals surface area contributed by atoms with Gasteiger partial charge in [-0.2, -0.15) is 4.98 Å². The van der Waals surface area contributed by atoms with Crippen LogP contribution >= 0.6 is 0 Å². The Morgan fingerprint density at radius 2 is 1.95 bits per heavy atom. The topological polar surface area (TPSA) is 82.3 Å². The first-order valence-electron chi connectivity index (χ1n) is 7.16. The summed E-state index contributed by atoms with van der Waals surface area (Å²) in [4.78, 5) is 8.25. The molecule has 0 saturated carbocycles. The Balaban J connectivity index is 2.30. The van der Waals surface area contributed by atoms with Crippen LogP contribution in [-0.4, -0.2) is 24.2 Å². The lowest BCUT2D eigenvalue weighted by Gasteiger charge is -2.20. The molecule has 0 aliphatic carbocycles. The molecule has 0 spiro atoms. The number of nitrogen functional groups attached to an aromatic ring is 1. The van der Waals surface area contributed by atoms with Crippen molar-refractivity contribution in [2.75, 3.05) is 25.3 Å². The van der Waals surface area contributed by atoms with Crippen molar-refractivity contribution in [2.45, 2.75) is 26.3 Å². The van der Waals surface area contributed by atoms with Crippen LogP contribution in [0, 0.1) is 6.92 Å². The molecule has 0 fully saturated rings. The number of nitrogens with two attached hydrogens (primary N) is 1. The summed E-state index contributed by atoms with van der Waals surface area (Å²) in [6.07, 6.45) is 2.60. The largest absolute Gasteiger partial charge is 0.493 e. The summed E-state index contributed by atoms with van der Waals surface area (Å²) < 4.78 is 10.6. The third kappa shape index (κ3) is 3.39. The lowest BCUT2D eigenvalue weighted by atomic mass is 10.0. The molecule has 0 amide bonds. The summed E-state index contributed by atoms with van der Waals surface area (Å²) in [5.74, 6) is 2.42. The van der Waals surface area contributed by atoms with Crippen LogP contribution < -0.4 is 20.5 Å². The number of nitrogens with one attached hydrogen (secondary N) is 1. The van der Waals surface area contributed by atoms with Gasteiger partial charge in [-0.1, -0.05) is 13.0 Å². The molecule has 1 aromatic heterocycles. The quantitative estimate of drug-likeness (QED) is 0.853. The molecule has 1 unspecified atom stereocenters. The molecule has 6 heteroatoms. The van der Waals surface area contributed by atoms with Crippen LogP contribution in [0.25, 0.3) is 0 Å². The van der Waals surface area contributed by atoms with E-state index in [0.717, 1.165) is 23.4 Å². The first-order valence-corrected chi connectivity index (χ1v) is 7.16. The van der Waals surface area contributed by atoms with Gasteiger partial charge >= 0.3 is 0 Å². The number of rotatable bonds is 6. The van der Waals surface area contributed by atoms with Crippen molar-refractivity contribution in [3.8, 4) is 11.5 Å². The van der Waals surface area contributed by atoms with Crippen molar-refractivity contribution in [1.29, 1.82) is 0 Å². The van der Waals surface area contributed by atoms with Crippen molar-refractivity contribution in [3.63, 3.8) is 0 Å². The third-order valence-corrected chi connectivity index (χ3v) is 3.52. The van der Waals surface area contributed by atoms with E-state index in [1.807, 2.05) is 25.1 Å². The molecule has 1 heterocycles. The second-order valence-corrected chi connectivity index (χ2v) is 4.98. The fraction of sp³-hybridized carbons (Fsp3) is 0.375. The van der Waals surface area contributed by atoms with Gasteiger partial charge in [0.2, 0.25) is 5.95 Å². The van der Waals surface area contributed by atoms with Crippen molar-refractivity contribution in [3.05, 3.63) is 35.5 Å². The Hall–Kier alpha value is -2.50. The van der Waals surface area contributed by atoms with Crippen molar-refractivity contribution in [1.82, 2.24) is 9.97 Å². The summed E-state index contributed by atoms with van der Waals surface area (Å²) >= 11 is 0. The van der Waals surface area contributed by atoms with Crippen LogP contribution in [0.5, 0.6) is 11.5 Å². The Labute approximate surface area is 130 Å². The Kier molecular flexibility index (Phi) is 5.04. The van der Waals surface area contributed by atoms with Crippen molar-refractivity contribution >= 4 is 11.8 Å². The van der Waals surface area contributed by atoms with E-state index in [9.17, 15) is 0 Å². The van der Waals surface area contributed by atoms with Crippen LogP contribution in [0.4, 0.5) is 11.8 Å². The number of hydrogen-bond acceptors (Lipinski definition) is 6. The number of ether oxygens (including phenoxy) is 2. The summed E-state index contributed by atoms with van der Waals surface area (Å²) in [7, 11) is 3.26. The highest BCUT2D eigenvalue weighted by molar-refractivity contribution is 5.49. The third-order valence-electron chi connectivity index (χ3n) is 3.52. The highest BCUT2D eigenvalue weighted by Crippen LogP contribution is 2.32. The molecule has 118 valence electrons. The van der Waals surface area contributed by atoms with Gasteiger partial charge in [0.25, 0.3) is 0 Å². The average molecular weight is 302 g/mol. The zero-order chi connectivity index (χ0) is 16.1. The van der Waals surface area contributed by atoms with E-state index in [-0.39, 0.29) is 12.0 Å². The normalized spacial score (nSPS) is 11.8. The van der Waals surface area contributed by atoms with Gasteiger partial charge in [-0.05, 0) is 31.0 Å². The maximum Gasteiger partial charge on any atom is 0.221 e. The molecule has 0 aliphatic rings. The van der Waals surface area contributed by atoms with Gasteiger partial charge in [0.05, 0.1) is 20.3 Å². The van der Waals surface area contributed by atoms with Gasteiger partial charge in [0.15, 0.2) is 11.5 Å². The minimum absolute atomic E-state index is 0.0906. The van der Waals surface area contributed by atoms with Gasteiger partial charge in [-0.25, -0.2) is 4.98 Å². The number of hydrogen-bond donors (Lipinski definition) is 2. The summed E-state index contributed by atoms with van der Waals surface area (Å²) in [6, 6.07) is 5.98. The molecule has 22 heavy (non-hydrogen) atoms. The number of anilines is 2. The van der Waals surface area contributed by atoms with Gasteiger partial charge < -0.3 is 20.5 Å². The zero-order valence-corrected chi connectivity index (χ0v) is 13.4. The molecule has 1 aromatic carbocycles. The SMILES string of the molecule is CCC(Nc1nc(N)ncc1C)c1ccc(OC)c(OC)c1. The monoisotopic (exact) mass is 302 g/mol. The standard InChI is InChI=1S/C16H22N4O2/c1-5-12(19-15-10(2)9-18-16(17)20-15)11-6-7-13(21-3)14(8-11)22-4/h6-9,12H,5H2,1-4H3,(H3,17,18,19,20). The molecular formula is C16H22N4O2. The highest BCUT2D eigenvalue weighted by atomic mass is 16.5. The predicted molar refractivity (Wildman–Crippen MR) is 87.4 cm³/mol. The number of methoxy groups -OCH3 is 2. The van der Waals surface area contributed by atoms with Gasteiger partial charge in [-0.3, -0.25) is 0 Å². The Bertz CT molecular complexity index is 646. The molecule has 0 saturated heterocycles. The van der Waals surface area contributed by atoms with Crippen molar-refractivity contribution < 1.29 is 9.47 Å². The smallest absolute Gasteiger partial charge is 0.221 e. The number of aromatic nitrogens is 2. The number of benzene rings is 1. The first kappa shape index (κ1) is 15.9. The van der Waals surface area contributed by atoms with Gasteiger partial charge in [0.1, 0.15) is 5.82 Å². The molecule has 2 aromatic rings. The van der Waals surface area contributed by atoms with Crippen molar-refractivity contribution in [2.24, 2.45) is 0 Å². The minimum Gasteiger partial charge on any atom is -0.493 e. The fourth-order valence-corrected chi connectivity index (χ4v) is 2.26. The van der Waals surface area contributed by atoms with E-state index in [1.54, 1.807) is 20.4 Å². The molecule has 2 rings (SSSR count). The lowest BCUT2D eigenvalue weighted by Crippen LogP contribution is -2.13. The second-order valence-electron chi connectivity index (χ2n) is 4.98. The summed E-state index contributed by atoms with van der Waals surface area (Å²) in [5, 5.41) is 3.42. The second kappa shape index (κ2) is 6.98. The Morgan fingerprint density at radius 3 is 2.59 bits per heavy atom. The van der Waals surface area contributed by atoms with Gasteiger partial charge in [0, 0.05) is 11.8 Å². The summed E-state index contributed by atoms with van der Waals surface area (Å²) in [6.45, 7) is 4.05. The van der Waals surface area contributed by atoms with E-state index in [2.05, 4.69) is 22.2 Å². The van der Waals surface area contributed by atoms with E-state index in [1.165, 1.54) is 0 Å². The maximum absolute atomic E-state index is 5.67. The first-order chi connectivity index (χ1) is 10.6. The Morgan fingerprint density at radius 1 is 1.23 bits per heavy atom. The van der Waals surface area contributed by atoms with Gasteiger partial charge in [-0.15, -0.1) is 0 Å². The van der Waals surface area contributed by atoms with Crippen LogP contribution in [0.2, 0.25) is 0 Å². The molecular weight excluding hydrogens is 280 g/mol. The lowest BCUT2D eigenvalue weighted by molar-refractivity contribution is 0.354. The molecule has 0 aliphatic heterocycles. The van der Waals surface area contributed by atoms with Crippen LogP contribution in [0.1, 0.15) is 30.5 Å². The molecule has 0 radical (unpaired) electrons. The fourth-order valence-electron chi connectivity index (χ4n) is 2.26. The van der Waals surface area contributed by atoms with Crippen LogP contribution in [0.15, 0.2) is 24.4 Å². The molecule has 6 nitrogen and oxygen atoms in total. The van der Waals surface area contributed by atoms with Crippen LogP contribution in [0.3, 0.4) is 0 Å². The van der Waals surface area contributed by atoms with Crippen LogP contribution in [-0.2, 0) is 0 Å². The molecule has 1 atom stereocenters. The zero-order valence-electron chi connectivity index (χ0n) is 13.4. The molecule has 0 bridgehead atoms. The average Bonchev–Trinajstić information content (AvgIpc) is 2.55. The predicted octanol–water partition coefficient (Wildman–Crippen LogP) is 2.95.